The highest BCUT2D eigenvalue weighted by Gasteiger charge is 2.07. The molecule has 114 valence electrons. The molecule has 0 fully saturated rings. The summed E-state index contributed by atoms with van der Waals surface area (Å²) in [6.45, 7) is 3.33. The van der Waals surface area contributed by atoms with E-state index in [9.17, 15) is 0 Å². The minimum Gasteiger partial charge on any atom is -0.497 e. The lowest BCUT2D eigenvalue weighted by Crippen LogP contribution is -2.11. The molecule has 6 nitrogen and oxygen atoms in total. The molecule has 0 bridgehead atoms. The van der Waals surface area contributed by atoms with E-state index in [1.165, 1.54) is 0 Å². The van der Waals surface area contributed by atoms with Crippen LogP contribution in [0.15, 0.2) is 24.3 Å². The van der Waals surface area contributed by atoms with Crippen molar-refractivity contribution in [1.82, 2.24) is 15.0 Å². The third kappa shape index (κ3) is 4.19. The van der Waals surface area contributed by atoms with Gasteiger partial charge in [0.25, 0.3) is 0 Å². The lowest BCUT2D eigenvalue weighted by Gasteiger charge is -2.08. The fraction of sp³-hybridized carbons (Fsp3) is 0.467. The van der Waals surface area contributed by atoms with Crippen LogP contribution >= 0.6 is 0 Å². The summed E-state index contributed by atoms with van der Waals surface area (Å²) in [4.78, 5) is 0. The summed E-state index contributed by atoms with van der Waals surface area (Å²) in [5.74, 6) is 1.61. The van der Waals surface area contributed by atoms with Gasteiger partial charge in [0, 0.05) is 6.61 Å². The van der Waals surface area contributed by atoms with Crippen molar-refractivity contribution in [2.45, 2.75) is 26.3 Å². The first-order chi connectivity index (χ1) is 10.2. The molecule has 0 saturated carbocycles. The van der Waals surface area contributed by atoms with E-state index < -0.39 is 0 Å². The predicted molar refractivity (Wildman–Crippen MR) is 78.7 cm³/mol. The topological polar surface area (TPSA) is 69.4 Å². The second-order valence-corrected chi connectivity index (χ2v) is 4.70. The summed E-state index contributed by atoms with van der Waals surface area (Å²) in [6, 6.07) is 7.48. The number of ether oxygens (including phenoxy) is 2. The maximum Gasteiger partial charge on any atom is 0.119 e. The summed E-state index contributed by atoms with van der Waals surface area (Å²) in [5.41, 5.74) is 1.97. The van der Waals surface area contributed by atoms with Crippen molar-refractivity contribution in [3.8, 4) is 11.5 Å². The van der Waals surface area contributed by atoms with E-state index in [1.54, 1.807) is 7.11 Å². The number of hydrogen-bond donors (Lipinski definition) is 1. The fourth-order valence-electron chi connectivity index (χ4n) is 2.01. The molecule has 1 heterocycles. The maximum absolute atomic E-state index is 8.85. The van der Waals surface area contributed by atoms with Crippen LogP contribution in [0.2, 0.25) is 0 Å². The summed E-state index contributed by atoms with van der Waals surface area (Å²) in [7, 11) is 1.64. The van der Waals surface area contributed by atoms with Crippen LogP contribution in [0.5, 0.6) is 11.5 Å². The predicted octanol–water partition coefficient (Wildman–Crippen LogP) is 1.60. The number of aromatic nitrogens is 3. The van der Waals surface area contributed by atoms with Crippen LogP contribution in [0.3, 0.4) is 0 Å². The van der Waals surface area contributed by atoms with E-state index in [2.05, 4.69) is 10.3 Å². The van der Waals surface area contributed by atoms with Gasteiger partial charge >= 0.3 is 0 Å². The summed E-state index contributed by atoms with van der Waals surface area (Å²) in [5, 5.41) is 17.1. The first kappa shape index (κ1) is 15.3. The van der Waals surface area contributed by atoms with Gasteiger partial charge in [-0.3, -0.25) is 0 Å². The number of nitrogens with zero attached hydrogens (tertiary/aromatic N) is 3. The van der Waals surface area contributed by atoms with Crippen molar-refractivity contribution in [1.29, 1.82) is 0 Å². The number of aryl methyl sites for hydroxylation is 1. The molecule has 0 aliphatic carbocycles. The van der Waals surface area contributed by atoms with Gasteiger partial charge in [-0.05, 0) is 44.0 Å². The highest BCUT2D eigenvalue weighted by molar-refractivity contribution is 5.31. The molecule has 21 heavy (non-hydrogen) atoms. The van der Waals surface area contributed by atoms with Crippen molar-refractivity contribution < 1.29 is 14.6 Å². The van der Waals surface area contributed by atoms with Crippen LogP contribution in [-0.2, 0) is 13.0 Å². The van der Waals surface area contributed by atoms with Gasteiger partial charge in [0.1, 0.15) is 18.1 Å². The van der Waals surface area contributed by atoms with Crippen LogP contribution in [0, 0.1) is 6.92 Å². The number of hydrogen-bond acceptors (Lipinski definition) is 5. The smallest absolute Gasteiger partial charge is 0.119 e. The fourth-order valence-corrected chi connectivity index (χ4v) is 2.01. The average molecular weight is 291 g/mol. The van der Waals surface area contributed by atoms with Gasteiger partial charge in [0.2, 0.25) is 0 Å². The van der Waals surface area contributed by atoms with Crippen LogP contribution in [-0.4, -0.2) is 40.4 Å². The van der Waals surface area contributed by atoms with E-state index in [4.69, 9.17) is 14.6 Å². The molecular weight excluding hydrogens is 270 g/mol. The molecule has 1 aromatic heterocycles. The van der Waals surface area contributed by atoms with E-state index >= 15 is 0 Å². The Labute approximate surface area is 124 Å². The highest BCUT2D eigenvalue weighted by atomic mass is 16.5. The van der Waals surface area contributed by atoms with Crippen molar-refractivity contribution in [3.63, 3.8) is 0 Å². The maximum atomic E-state index is 8.85. The molecule has 0 saturated heterocycles. The third-order valence-corrected chi connectivity index (χ3v) is 3.28. The molecule has 0 amide bonds. The molecule has 0 aliphatic rings. The monoisotopic (exact) mass is 291 g/mol. The first-order valence-corrected chi connectivity index (χ1v) is 7.01. The Morgan fingerprint density at radius 2 is 1.90 bits per heavy atom. The third-order valence-electron chi connectivity index (χ3n) is 3.28. The van der Waals surface area contributed by atoms with Gasteiger partial charge in [-0.1, -0.05) is 5.21 Å². The molecule has 2 rings (SSSR count). The molecule has 0 atom stereocenters. The standard InChI is InChI=1S/C15H21N3O3/c1-12-15(4-3-10-19)16-17-18(12)9-11-21-14-7-5-13(20-2)6-8-14/h5-8,19H,3-4,9-11H2,1-2H3. The number of aliphatic hydroxyl groups is 1. The number of benzene rings is 1. The van der Waals surface area contributed by atoms with E-state index in [0.717, 1.165) is 29.3 Å². The van der Waals surface area contributed by atoms with Crippen LogP contribution in [0.25, 0.3) is 0 Å². The highest BCUT2D eigenvalue weighted by Crippen LogP contribution is 2.17. The quantitative estimate of drug-likeness (QED) is 0.800. The Hall–Kier alpha value is -2.08. The average Bonchev–Trinajstić information content (AvgIpc) is 2.86. The number of rotatable bonds is 8. The molecule has 0 unspecified atom stereocenters. The minimum atomic E-state index is 0.173. The largest absolute Gasteiger partial charge is 0.497 e. The molecule has 2 aromatic rings. The normalized spacial score (nSPS) is 10.6. The van der Waals surface area contributed by atoms with Gasteiger partial charge in [-0.15, -0.1) is 5.10 Å². The zero-order valence-corrected chi connectivity index (χ0v) is 12.5. The second kappa shape index (κ2) is 7.64. The first-order valence-electron chi connectivity index (χ1n) is 7.01. The molecular formula is C15H21N3O3. The summed E-state index contributed by atoms with van der Waals surface area (Å²) < 4.78 is 12.6. The summed E-state index contributed by atoms with van der Waals surface area (Å²) in [6.07, 6.45) is 1.46. The Bertz CT molecular complexity index is 552. The van der Waals surface area contributed by atoms with Crippen molar-refractivity contribution in [2.75, 3.05) is 20.3 Å². The summed E-state index contributed by atoms with van der Waals surface area (Å²) >= 11 is 0. The van der Waals surface area contributed by atoms with Gasteiger partial charge in [-0.25, -0.2) is 4.68 Å². The van der Waals surface area contributed by atoms with Gasteiger partial charge in [0.15, 0.2) is 0 Å². The lowest BCUT2D eigenvalue weighted by molar-refractivity contribution is 0.287. The van der Waals surface area contributed by atoms with Gasteiger partial charge < -0.3 is 14.6 Å². The van der Waals surface area contributed by atoms with E-state index in [0.29, 0.717) is 19.6 Å². The minimum absolute atomic E-state index is 0.173. The second-order valence-electron chi connectivity index (χ2n) is 4.70. The Balaban J connectivity index is 1.83. The van der Waals surface area contributed by atoms with Crippen LogP contribution < -0.4 is 9.47 Å². The molecule has 0 aliphatic heterocycles. The SMILES string of the molecule is COc1ccc(OCCn2nnc(CCCO)c2C)cc1. The molecule has 1 aromatic carbocycles. The van der Waals surface area contributed by atoms with Gasteiger partial charge in [0.05, 0.1) is 25.0 Å². The zero-order valence-electron chi connectivity index (χ0n) is 12.5. The van der Waals surface area contributed by atoms with Crippen molar-refractivity contribution >= 4 is 0 Å². The zero-order chi connectivity index (χ0) is 15.1. The van der Waals surface area contributed by atoms with E-state index in [1.807, 2.05) is 35.9 Å². The van der Waals surface area contributed by atoms with Crippen molar-refractivity contribution in [2.24, 2.45) is 0 Å². The number of aliphatic hydroxyl groups excluding tert-OH is 1. The van der Waals surface area contributed by atoms with Crippen molar-refractivity contribution in [3.05, 3.63) is 35.7 Å². The Morgan fingerprint density at radius 3 is 2.57 bits per heavy atom. The van der Waals surface area contributed by atoms with E-state index in [-0.39, 0.29) is 6.61 Å². The molecule has 1 N–H and O–H groups in total. The molecule has 0 radical (unpaired) electrons. The lowest BCUT2D eigenvalue weighted by atomic mass is 10.2. The van der Waals surface area contributed by atoms with Crippen LogP contribution in [0.1, 0.15) is 17.8 Å². The van der Waals surface area contributed by atoms with Crippen LogP contribution in [0.4, 0.5) is 0 Å². The molecule has 6 heteroatoms. The Kier molecular flexibility index (Phi) is 5.57. The Morgan fingerprint density at radius 1 is 1.19 bits per heavy atom. The number of methoxy groups -OCH3 is 1. The van der Waals surface area contributed by atoms with Gasteiger partial charge in [-0.2, -0.15) is 0 Å². The molecule has 0 spiro atoms.